The summed E-state index contributed by atoms with van der Waals surface area (Å²) < 4.78 is 0. The average Bonchev–Trinajstić information content (AvgIpc) is 0.867. The molecule has 0 spiro atoms. The molecule has 5 aromatic heterocycles. The van der Waals surface area contributed by atoms with Crippen LogP contribution in [0.1, 0.15) is 138 Å². The molecule has 5 heterocycles. The van der Waals surface area contributed by atoms with Crippen molar-refractivity contribution in [1.82, 2.24) is 45.1 Å². The van der Waals surface area contributed by atoms with E-state index in [2.05, 4.69) is 130 Å². The zero-order valence-electron chi connectivity index (χ0n) is 69.2. The topological polar surface area (TPSA) is 116 Å². The van der Waals surface area contributed by atoms with Crippen LogP contribution < -0.4 is 0 Å². The summed E-state index contributed by atoms with van der Waals surface area (Å²) in [5, 5.41) is 8.27. The Balaban J connectivity index is 0.000000649. The fraction of sp³-hybridized carbons (Fsp3) is 0.198. The van der Waals surface area contributed by atoms with Crippen molar-refractivity contribution in [2.75, 3.05) is 0 Å². The third-order valence-electron chi connectivity index (χ3n) is 14.1. The van der Waals surface area contributed by atoms with Crippen LogP contribution in [0, 0.1) is 0 Å². The SMILES string of the molecule is CC.CC.CC.CC.CC.CC.CC.CC.CC.CC.c1ccc(-c2cc(-c3ccccc3)ncn2)cc1.c1ccc(-c2ccnc(-c3ccccc3)n2)cc1.c1ccc(-c2cncc(-c3ccccc3)c2)cc1.c1ccc(-c2cncc(-c3ccccc3)n2)cc1.c1ccc(-c2cnnc(-c3ccccc3)c2)cc1. The molecule has 570 valence electrons. The van der Waals surface area contributed by atoms with Gasteiger partial charge in [0, 0.05) is 74.2 Å². The third-order valence-corrected chi connectivity index (χ3v) is 14.1. The van der Waals surface area contributed by atoms with Crippen LogP contribution >= 0.6 is 0 Å². The highest BCUT2D eigenvalue weighted by Crippen LogP contribution is 2.28. The van der Waals surface area contributed by atoms with Gasteiger partial charge in [-0.2, -0.15) is 10.2 Å². The molecular formula is C101H121N9. The molecule has 0 fully saturated rings. The van der Waals surface area contributed by atoms with Crippen LogP contribution in [0.3, 0.4) is 0 Å². The summed E-state index contributed by atoms with van der Waals surface area (Å²) in [6, 6.07) is 110. The first-order chi connectivity index (χ1) is 54.7. The predicted molar refractivity (Wildman–Crippen MR) is 480 cm³/mol. The molecular weight excluding hydrogens is 1340 g/mol. The highest BCUT2D eigenvalue weighted by molar-refractivity contribution is 5.73. The molecule has 9 heteroatoms. The monoisotopic (exact) mass is 1460 g/mol. The molecule has 9 nitrogen and oxygen atoms in total. The Bertz CT molecular complexity index is 3580. The van der Waals surface area contributed by atoms with Crippen molar-refractivity contribution < 1.29 is 0 Å². The lowest BCUT2D eigenvalue weighted by Crippen LogP contribution is -1.90. The largest absolute Gasteiger partial charge is 0.263 e. The van der Waals surface area contributed by atoms with Gasteiger partial charge in [0.1, 0.15) is 6.33 Å². The van der Waals surface area contributed by atoms with Crippen molar-refractivity contribution >= 4 is 0 Å². The maximum Gasteiger partial charge on any atom is 0.159 e. The molecule has 0 aliphatic heterocycles. The van der Waals surface area contributed by atoms with Crippen LogP contribution in [0.4, 0.5) is 0 Å². The van der Waals surface area contributed by atoms with Crippen LogP contribution in [0.2, 0.25) is 0 Å². The Hall–Kier alpha value is -12.3. The van der Waals surface area contributed by atoms with Crippen LogP contribution in [0.25, 0.3) is 112 Å². The maximum absolute atomic E-state index is 4.65. The summed E-state index contributed by atoms with van der Waals surface area (Å²) in [5.74, 6) is 0.761. The maximum atomic E-state index is 4.65. The fourth-order valence-electron chi connectivity index (χ4n) is 9.53. The van der Waals surface area contributed by atoms with Gasteiger partial charge in [0.05, 0.1) is 52.8 Å². The van der Waals surface area contributed by atoms with Crippen LogP contribution in [0.15, 0.2) is 371 Å². The Labute approximate surface area is 663 Å². The molecule has 0 unspecified atom stereocenters. The molecule has 0 radical (unpaired) electrons. The Morgan fingerprint density at radius 2 is 0.427 bits per heavy atom. The van der Waals surface area contributed by atoms with Gasteiger partial charge in [-0.1, -0.05) is 442 Å². The summed E-state index contributed by atoms with van der Waals surface area (Å²) in [6.45, 7) is 40.0. The van der Waals surface area contributed by atoms with Gasteiger partial charge in [-0.3, -0.25) is 9.97 Å². The molecule has 0 atom stereocenters. The number of benzene rings is 10. The number of nitrogens with zero attached hydrogens (tertiary/aromatic N) is 9. The van der Waals surface area contributed by atoms with Gasteiger partial charge < -0.3 is 0 Å². The van der Waals surface area contributed by atoms with Gasteiger partial charge in [0.2, 0.25) is 0 Å². The van der Waals surface area contributed by atoms with E-state index in [1.807, 2.05) is 394 Å². The average molecular weight is 1460 g/mol. The van der Waals surface area contributed by atoms with Crippen molar-refractivity contribution in [1.29, 1.82) is 0 Å². The number of aromatic nitrogens is 9. The number of rotatable bonds is 10. The molecule has 0 saturated heterocycles. The highest BCUT2D eigenvalue weighted by Gasteiger charge is 2.08. The molecule has 0 saturated carbocycles. The second kappa shape index (κ2) is 63.9. The minimum absolute atomic E-state index is 0.761. The first kappa shape index (κ1) is 95.7. The summed E-state index contributed by atoms with van der Waals surface area (Å²) in [7, 11) is 0. The van der Waals surface area contributed by atoms with Crippen molar-refractivity contribution in [2.45, 2.75) is 138 Å². The quantitative estimate of drug-likeness (QED) is 0.132. The molecule has 0 aliphatic rings. The molecule has 0 bridgehead atoms. The molecule has 110 heavy (non-hydrogen) atoms. The van der Waals surface area contributed by atoms with Crippen LogP contribution in [-0.2, 0) is 0 Å². The zero-order chi connectivity index (χ0) is 81.0. The second-order valence-corrected chi connectivity index (χ2v) is 20.3. The highest BCUT2D eigenvalue weighted by atomic mass is 15.1. The van der Waals surface area contributed by atoms with E-state index in [-0.39, 0.29) is 0 Å². The second-order valence-electron chi connectivity index (χ2n) is 20.3. The summed E-state index contributed by atoms with van der Waals surface area (Å²) in [5.41, 5.74) is 20.1. The van der Waals surface area contributed by atoms with E-state index in [4.69, 9.17) is 0 Å². The molecule has 0 N–H and O–H groups in total. The number of pyridine rings is 1. The number of hydrogen-bond donors (Lipinski definition) is 0. The molecule has 15 rings (SSSR count). The summed E-state index contributed by atoms with van der Waals surface area (Å²) in [6.07, 6.45) is 12.6. The standard InChI is InChI=1S/C17H13N.4C16H12N2.10C2H6/c1-3-7-14(8-4-1)16-11-17(13-18-12-16)15-9-5-2-6-10-15;1-3-7-13(8-4-1)15-11-17-12-16(18-15)14-9-5-2-6-10-14;1-3-7-13(8-4-1)15-11-16(18-12-17-15)14-9-5-2-6-10-14;1-3-7-13(8-4-1)15-11-16(18-17-12-15)14-9-5-2-6-10-14;1-3-7-13(8-4-1)15-11-12-17-16(18-15)14-9-5-2-6-10-14;10*1-2/h1-13H;4*1-12H;10*1-2H3. The third kappa shape index (κ3) is 34.5. The van der Waals surface area contributed by atoms with E-state index >= 15 is 0 Å². The van der Waals surface area contributed by atoms with Gasteiger partial charge in [-0.15, -0.1) is 0 Å². The predicted octanol–water partition coefficient (Wildman–Crippen LogP) is 29.9. The van der Waals surface area contributed by atoms with Gasteiger partial charge in [-0.25, -0.2) is 24.9 Å². The van der Waals surface area contributed by atoms with Crippen molar-refractivity contribution in [3.8, 4) is 112 Å². The smallest absolute Gasteiger partial charge is 0.159 e. The molecule has 10 aromatic carbocycles. The van der Waals surface area contributed by atoms with Crippen molar-refractivity contribution in [3.63, 3.8) is 0 Å². The number of hydrogen-bond acceptors (Lipinski definition) is 9. The van der Waals surface area contributed by atoms with Gasteiger partial charge in [0.25, 0.3) is 0 Å². The summed E-state index contributed by atoms with van der Waals surface area (Å²) >= 11 is 0. The van der Waals surface area contributed by atoms with E-state index in [1.54, 1.807) is 31.1 Å². The van der Waals surface area contributed by atoms with Gasteiger partial charge in [0.15, 0.2) is 5.82 Å². The van der Waals surface area contributed by atoms with E-state index in [9.17, 15) is 0 Å². The lowest BCUT2D eigenvalue weighted by molar-refractivity contribution is 1.04. The van der Waals surface area contributed by atoms with Crippen molar-refractivity contribution in [3.05, 3.63) is 371 Å². The van der Waals surface area contributed by atoms with E-state index in [0.717, 1.165) is 101 Å². The first-order valence-corrected chi connectivity index (χ1v) is 39.5. The Morgan fingerprint density at radius 3 is 0.745 bits per heavy atom. The minimum atomic E-state index is 0.761. The molecule has 15 aromatic rings. The molecule has 0 amide bonds. The van der Waals surface area contributed by atoms with Crippen molar-refractivity contribution in [2.24, 2.45) is 0 Å². The van der Waals surface area contributed by atoms with Crippen LogP contribution in [0.5, 0.6) is 0 Å². The summed E-state index contributed by atoms with van der Waals surface area (Å²) in [4.78, 5) is 30.8. The van der Waals surface area contributed by atoms with E-state index in [0.29, 0.717) is 0 Å². The van der Waals surface area contributed by atoms with Gasteiger partial charge in [-0.05, 0) is 41.0 Å². The Morgan fingerprint density at radius 1 is 0.173 bits per heavy atom. The Kier molecular flexibility index (Phi) is 55.6. The van der Waals surface area contributed by atoms with E-state index < -0.39 is 0 Å². The molecule has 0 aliphatic carbocycles. The fourth-order valence-corrected chi connectivity index (χ4v) is 9.53. The normalized spacial score (nSPS) is 8.91. The lowest BCUT2D eigenvalue weighted by Gasteiger charge is -2.05. The first-order valence-electron chi connectivity index (χ1n) is 39.5. The van der Waals surface area contributed by atoms with E-state index in [1.165, 1.54) is 11.1 Å². The van der Waals surface area contributed by atoms with Crippen LogP contribution in [-0.4, -0.2) is 45.1 Å². The minimum Gasteiger partial charge on any atom is -0.263 e. The zero-order valence-corrected chi connectivity index (χ0v) is 69.2. The lowest BCUT2D eigenvalue weighted by atomic mass is 10.0. The van der Waals surface area contributed by atoms with Gasteiger partial charge >= 0.3 is 0 Å².